The number of phenolic OH excluding ortho intramolecular Hbond substituents is 1. The lowest BCUT2D eigenvalue weighted by atomic mass is 9.48. The van der Waals surface area contributed by atoms with Crippen LogP contribution in [0.25, 0.3) is 0 Å². The second-order valence-electron chi connectivity index (χ2n) is 26.1. The molecule has 16 unspecified atom stereocenters. The van der Waals surface area contributed by atoms with Crippen LogP contribution in [0.3, 0.4) is 0 Å². The molecule has 452 valence electrons. The number of aromatic nitrogens is 1. The fourth-order valence-electron chi connectivity index (χ4n) is 16.8. The highest BCUT2D eigenvalue weighted by Gasteiger charge is 2.55. The van der Waals surface area contributed by atoms with Crippen molar-refractivity contribution in [3.63, 3.8) is 0 Å². The highest BCUT2D eigenvalue weighted by molar-refractivity contribution is 8.76. The minimum Gasteiger partial charge on any atom is -0.504 e. The molecule has 11 rings (SSSR count). The van der Waals surface area contributed by atoms with Gasteiger partial charge in [-0.3, -0.25) is 0 Å². The first kappa shape index (κ1) is 61.0. The Kier molecular flexibility index (Phi) is 19.7. The molecule has 12 N–H and O–H groups in total. The van der Waals surface area contributed by atoms with Crippen molar-refractivity contribution in [2.24, 2.45) is 52.6 Å². The fraction of sp³-hybridized carbons (Fsp3) is 0.571. The van der Waals surface area contributed by atoms with E-state index in [0.29, 0.717) is 75.4 Å². The monoisotopic (exact) mass is 1180 g/mol. The van der Waals surface area contributed by atoms with Gasteiger partial charge in [0.05, 0.1) is 24.4 Å². The van der Waals surface area contributed by atoms with Gasteiger partial charge in [0.15, 0.2) is 11.5 Å². The molecule has 3 fully saturated rings. The number of aliphatic hydroxyl groups excluding tert-OH is 6. The topological polar surface area (TPSA) is 217 Å². The van der Waals surface area contributed by atoms with Gasteiger partial charge in [-0.05, 0) is 171 Å². The summed E-state index contributed by atoms with van der Waals surface area (Å²) >= 11 is 0. The van der Waals surface area contributed by atoms with E-state index in [9.17, 15) is 35.7 Å². The van der Waals surface area contributed by atoms with E-state index in [1.165, 1.54) is 36.0 Å². The molecule has 7 aliphatic rings. The Morgan fingerprint density at radius 2 is 1.67 bits per heavy atom. The van der Waals surface area contributed by atoms with Gasteiger partial charge in [0, 0.05) is 90.4 Å². The molecular weight excluding hydrogens is 1090 g/mol. The van der Waals surface area contributed by atoms with Crippen LogP contribution in [0.4, 0.5) is 0 Å². The third kappa shape index (κ3) is 12.8. The Morgan fingerprint density at radius 1 is 0.881 bits per heavy atom. The molecule has 0 amide bonds. The molecule has 2 saturated carbocycles. The lowest BCUT2D eigenvalue weighted by Crippen LogP contribution is -2.52. The summed E-state index contributed by atoms with van der Waals surface area (Å²) in [6, 6.07) is 29.9. The Morgan fingerprint density at radius 3 is 2.39 bits per heavy atom. The van der Waals surface area contributed by atoms with E-state index in [0.717, 1.165) is 60.1 Å². The van der Waals surface area contributed by atoms with Crippen LogP contribution in [0.15, 0.2) is 126 Å². The molecule has 12 nitrogen and oxygen atoms in total. The largest absolute Gasteiger partial charge is 0.504 e. The molecule has 2 aliphatic heterocycles. The molecule has 3 heterocycles. The first-order valence-corrected chi connectivity index (χ1v) is 34.1. The van der Waals surface area contributed by atoms with E-state index in [2.05, 4.69) is 113 Å². The summed E-state index contributed by atoms with van der Waals surface area (Å²) in [4.78, 5) is 3.39. The molecular formula is C70H92N4O8S2. The number of aliphatic hydroxyl groups is 6. The zero-order valence-electron chi connectivity index (χ0n) is 49.3. The van der Waals surface area contributed by atoms with Crippen molar-refractivity contribution >= 4 is 21.6 Å². The van der Waals surface area contributed by atoms with Crippen LogP contribution in [0.2, 0.25) is 0 Å². The summed E-state index contributed by atoms with van der Waals surface area (Å²) in [7, 11) is 3.26. The number of fused-ring (bicyclic) bond motifs is 5. The van der Waals surface area contributed by atoms with Gasteiger partial charge < -0.3 is 61.8 Å². The number of H-pyrrole nitrogens is 1. The van der Waals surface area contributed by atoms with Crippen molar-refractivity contribution in [2.45, 2.75) is 164 Å². The van der Waals surface area contributed by atoms with Crippen molar-refractivity contribution < 1.29 is 40.5 Å². The maximum Gasteiger partial charge on any atom is 0.161 e. The summed E-state index contributed by atoms with van der Waals surface area (Å²) in [6.45, 7) is 4.70. The quantitative estimate of drug-likeness (QED) is 0.0342. The SMILES string of the molecule is CCC1Cc2cc(O)c(OC3CC(Cc4ccc[nH]4)C4=CCNC(N)=C4CSSCC(CO)C3O)cc2C2CC(O)C3C(C#CC4(CC(NCC(C)O)CCC3O)CC(c3ccccc3)C(C3(c5ccccc5)CCCCC3)CC4CO)C=C12. The molecule has 1 saturated heterocycles. The van der Waals surface area contributed by atoms with Crippen molar-refractivity contribution in [1.29, 1.82) is 0 Å². The molecule has 4 aromatic rings. The van der Waals surface area contributed by atoms with Gasteiger partial charge in [0.1, 0.15) is 11.9 Å². The van der Waals surface area contributed by atoms with E-state index in [1.54, 1.807) is 28.5 Å². The van der Waals surface area contributed by atoms with Gasteiger partial charge in [-0.15, -0.1) is 0 Å². The predicted octanol–water partition coefficient (Wildman–Crippen LogP) is 9.95. The van der Waals surface area contributed by atoms with E-state index in [1.807, 2.05) is 24.4 Å². The Labute approximate surface area is 506 Å². The number of ether oxygens (including phenoxy) is 1. The van der Waals surface area contributed by atoms with E-state index >= 15 is 0 Å². The molecule has 3 aromatic carbocycles. The van der Waals surface area contributed by atoms with E-state index in [4.69, 9.17) is 10.5 Å². The standard InChI is InChI=1S/C70H92N4O8S2/c1-3-44-28-47-31-62(79)64(82-65-32-48(29-52-18-13-26-72-52)54-22-27-73-68(71)59(54)42-84-83-41-49(39-75)67(65)81)35-56(47)57-34-63(80)66-46(30-55(44)57)21-25-69(36-53(19-20-61(66)78)74-38-43(2)77)37-58(45-14-7-4-8-15-45)60(33-51(69)40-76)70(23-11-6-12-24-70)50-16-9-5-10-17-50/h4-5,7-10,13-18,22,26,30-31,35,43-44,46,48-49,51,53,57-58,60-61,63,65-67,72-81H,3,6,11-12,19-20,23-24,27-29,32-34,36-42,71H2,1-2H3. The molecule has 1 aromatic heterocycles. The Hall–Kier alpha value is -4.66. The summed E-state index contributed by atoms with van der Waals surface area (Å²) in [6.07, 6.45) is 13.9. The summed E-state index contributed by atoms with van der Waals surface area (Å²) in [5.41, 5.74) is 15.0. The van der Waals surface area contributed by atoms with Gasteiger partial charge in [-0.25, -0.2) is 0 Å². The average molecular weight is 1180 g/mol. The van der Waals surface area contributed by atoms with Crippen molar-refractivity contribution in [3.05, 3.63) is 154 Å². The zero-order valence-corrected chi connectivity index (χ0v) is 50.9. The third-order valence-electron chi connectivity index (χ3n) is 21.2. The van der Waals surface area contributed by atoms with Crippen molar-refractivity contribution in [1.82, 2.24) is 15.6 Å². The normalized spacial score (nSPS) is 34.0. The van der Waals surface area contributed by atoms with Crippen LogP contribution in [0, 0.1) is 58.7 Å². The van der Waals surface area contributed by atoms with Crippen LogP contribution in [-0.4, -0.2) is 115 Å². The minimum atomic E-state index is -1.08. The van der Waals surface area contributed by atoms with Gasteiger partial charge >= 0.3 is 0 Å². The number of rotatable bonds is 13. The van der Waals surface area contributed by atoms with Crippen LogP contribution in [-0.2, 0) is 18.3 Å². The van der Waals surface area contributed by atoms with Gasteiger partial charge in [-0.2, -0.15) is 0 Å². The van der Waals surface area contributed by atoms with Gasteiger partial charge in [0.25, 0.3) is 0 Å². The van der Waals surface area contributed by atoms with E-state index < -0.39 is 53.7 Å². The van der Waals surface area contributed by atoms with Crippen LogP contribution >= 0.6 is 21.6 Å². The minimum absolute atomic E-state index is 0.0127. The molecule has 14 heteroatoms. The zero-order chi connectivity index (χ0) is 58.5. The number of nitrogens with two attached hydrogens (primary N) is 1. The highest BCUT2D eigenvalue weighted by Crippen LogP contribution is 2.61. The number of dihydropyridines is 1. The fourth-order valence-corrected chi connectivity index (χ4v) is 19.3. The summed E-state index contributed by atoms with van der Waals surface area (Å²) < 4.78 is 7.02. The Balaban J connectivity index is 0.988. The summed E-state index contributed by atoms with van der Waals surface area (Å²) in [5, 5.41) is 90.6. The molecule has 5 aliphatic carbocycles. The van der Waals surface area contributed by atoms with E-state index in [-0.39, 0.29) is 71.7 Å². The maximum atomic E-state index is 12.9. The lowest BCUT2D eigenvalue weighted by Gasteiger charge is -2.56. The second kappa shape index (κ2) is 27.2. The third-order valence-corrected chi connectivity index (χ3v) is 23.6. The number of hydrogen-bond donors (Lipinski definition) is 11. The van der Waals surface area contributed by atoms with Crippen molar-refractivity contribution in [2.75, 3.05) is 37.8 Å². The molecule has 16 atom stereocenters. The second-order valence-corrected chi connectivity index (χ2v) is 28.6. The first-order chi connectivity index (χ1) is 40.8. The number of hydrogen-bond acceptors (Lipinski definition) is 13. The van der Waals surface area contributed by atoms with Crippen LogP contribution in [0.5, 0.6) is 11.5 Å². The van der Waals surface area contributed by atoms with Crippen LogP contribution < -0.4 is 21.1 Å². The number of phenols is 1. The number of benzene rings is 3. The van der Waals surface area contributed by atoms with Gasteiger partial charge in [-0.1, -0.05) is 138 Å². The Bertz CT molecular complexity index is 2990. The number of aromatic amines is 1. The molecule has 0 radical (unpaired) electrons. The van der Waals surface area contributed by atoms with Crippen molar-refractivity contribution in [3.8, 4) is 23.3 Å². The lowest BCUT2D eigenvalue weighted by molar-refractivity contribution is -0.0215. The first-order valence-electron chi connectivity index (χ1n) is 31.7. The molecule has 84 heavy (non-hydrogen) atoms. The van der Waals surface area contributed by atoms with Crippen LogP contribution in [0.1, 0.15) is 137 Å². The maximum absolute atomic E-state index is 12.9. The average Bonchev–Trinajstić information content (AvgIpc) is 1.76. The summed E-state index contributed by atoms with van der Waals surface area (Å²) in [5.74, 6) is 8.24. The smallest absolute Gasteiger partial charge is 0.161 e. The molecule has 1 spiro atoms. The predicted molar refractivity (Wildman–Crippen MR) is 337 cm³/mol. The number of nitrogens with one attached hydrogen (secondary N) is 3. The highest BCUT2D eigenvalue weighted by atomic mass is 33.1. The van der Waals surface area contributed by atoms with Gasteiger partial charge in [0.2, 0.25) is 0 Å². The molecule has 0 bridgehead atoms. The number of allylic oxidation sites excluding steroid dienone is 3. The number of aromatic hydroxyl groups is 1.